The van der Waals surface area contributed by atoms with Crippen LogP contribution in [0.3, 0.4) is 0 Å². The molecule has 0 aliphatic rings. The first-order valence-corrected chi connectivity index (χ1v) is 20.4. The summed E-state index contributed by atoms with van der Waals surface area (Å²) in [7, 11) is 0. The van der Waals surface area contributed by atoms with Crippen LogP contribution in [0.4, 0.5) is 0 Å². The number of hydrogen-bond acceptors (Lipinski definition) is 5. The highest BCUT2D eigenvalue weighted by molar-refractivity contribution is 7.26. The van der Waals surface area contributed by atoms with Gasteiger partial charge in [0.15, 0.2) is 17.5 Å². The third-order valence-corrected chi connectivity index (χ3v) is 13.4. The van der Waals surface area contributed by atoms with E-state index in [0.29, 0.717) is 17.5 Å². The summed E-state index contributed by atoms with van der Waals surface area (Å²) in [6, 6.07) is 63.3. The third-order valence-electron chi connectivity index (χ3n) is 11.1. The fraction of sp³-hybridized carbons (Fsp3) is 0. The van der Waals surface area contributed by atoms with Crippen molar-refractivity contribution in [3.63, 3.8) is 0 Å². The molecule has 0 saturated heterocycles. The Kier molecular flexibility index (Phi) is 6.97. The lowest BCUT2D eigenvalue weighted by molar-refractivity contribution is 1.08. The second-order valence-corrected chi connectivity index (χ2v) is 16.5. The van der Waals surface area contributed by atoms with Gasteiger partial charge in [0, 0.05) is 57.0 Å². The van der Waals surface area contributed by atoms with Crippen molar-refractivity contribution in [3.05, 3.63) is 176 Å². The Morgan fingerprint density at radius 1 is 0.268 bits per heavy atom. The number of rotatable bonds is 4. The van der Waals surface area contributed by atoms with E-state index in [4.69, 9.17) is 15.0 Å². The van der Waals surface area contributed by atoms with Gasteiger partial charge in [0.25, 0.3) is 0 Å². The zero-order valence-electron chi connectivity index (χ0n) is 29.9. The van der Waals surface area contributed by atoms with Crippen LogP contribution < -0.4 is 0 Å². The molecule has 5 heteroatoms. The fourth-order valence-corrected chi connectivity index (χ4v) is 10.7. The first-order valence-electron chi connectivity index (χ1n) is 18.8. The van der Waals surface area contributed by atoms with Gasteiger partial charge in [0.1, 0.15) is 0 Å². The molecule has 0 bridgehead atoms. The zero-order chi connectivity index (χ0) is 36.7. The van der Waals surface area contributed by atoms with Gasteiger partial charge in [-0.15, -0.1) is 22.7 Å². The average Bonchev–Trinajstić information content (AvgIpc) is 3.84. The predicted octanol–water partition coefficient (Wildman–Crippen LogP) is 14.7. The van der Waals surface area contributed by atoms with Crippen molar-refractivity contribution in [1.82, 2.24) is 15.0 Å². The van der Waals surface area contributed by atoms with Gasteiger partial charge in [0.2, 0.25) is 0 Å². The molecule has 0 saturated carbocycles. The van der Waals surface area contributed by atoms with Crippen LogP contribution in [0.2, 0.25) is 0 Å². The van der Waals surface area contributed by atoms with E-state index in [1.165, 1.54) is 83.8 Å². The Hall–Kier alpha value is -6.79. The van der Waals surface area contributed by atoms with Crippen LogP contribution in [0.1, 0.15) is 0 Å². The number of nitrogens with zero attached hydrogens (tertiary/aromatic N) is 3. The predicted molar refractivity (Wildman–Crippen MR) is 240 cm³/mol. The summed E-state index contributed by atoms with van der Waals surface area (Å²) in [5.41, 5.74) is 5.36. The molecule has 0 aliphatic carbocycles. The lowest BCUT2D eigenvalue weighted by Gasteiger charge is -2.14. The minimum Gasteiger partial charge on any atom is -0.208 e. The Morgan fingerprint density at radius 2 is 0.750 bits per heavy atom. The maximum absolute atomic E-state index is 5.26. The molecule has 0 N–H and O–H groups in total. The molecule has 12 rings (SSSR count). The molecule has 0 radical (unpaired) electrons. The highest BCUT2D eigenvalue weighted by Gasteiger charge is 2.18. The summed E-state index contributed by atoms with van der Waals surface area (Å²) < 4.78 is 5.12. The smallest absolute Gasteiger partial charge is 0.164 e. The SMILES string of the molecule is c1ccc(-c2nc(-c3ccc4c5cc(-c6ccc7sc8ccccc8c7c6)ccc5c5ccccc5c4c3)nc(-c3cccc4sc5ccccc5c34)n2)cc1. The van der Waals surface area contributed by atoms with Crippen LogP contribution in [0.15, 0.2) is 176 Å². The zero-order valence-corrected chi connectivity index (χ0v) is 31.5. The topological polar surface area (TPSA) is 38.7 Å². The molecule has 0 amide bonds. The number of aromatic nitrogens is 3. The molecule has 56 heavy (non-hydrogen) atoms. The Bertz CT molecular complexity index is 3550. The molecule has 0 unspecified atom stereocenters. The quantitative estimate of drug-likeness (QED) is 0.168. The van der Waals surface area contributed by atoms with Crippen molar-refractivity contribution in [2.75, 3.05) is 0 Å². The second-order valence-electron chi connectivity index (χ2n) is 14.3. The van der Waals surface area contributed by atoms with E-state index in [1.807, 2.05) is 29.5 Å². The van der Waals surface area contributed by atoms with Gasteiger partial charge in [-0.25, -0.2) is 15.0 Å². The molecule has 3 nitrogen and oxygen atoms in total. The first kappa shape index (κ1) is 31.5. The van der Waals surface area contributed by atoms with Crippen LogP contribution >= 0.6 is 22.7 Å². The maximum atomic E-state index is 5.26. The van der Waals surface area contributed by atoms with Crippen molar-refractivity contribution in [1.29, 1.82) is 0 Å². The summed E-state index contributed by atoms with van der Waals surface area (Å²) in [5.74, 6) is 1.98. The Morgan fingerprint density at radius 3 is 1.54 bits per heavy atom. The van der Waals surface area contributed by atoms with E-state index in [2.05, 4.69) is 158 Å². The molecule has 3 aromatic heterocycles. The van der Waals surface area contributed by atoms with Crippen molar-refractivity contribution in [2.45, 2.75) is 0 Å². The molecule has 0 fully saturated rings. The summed E-state index contributed by atoms with van der Waals surface area (Å²) in [6.45, 7) is 0. The van der Waals surface area contributed by atoms with Gasteiger partial charge in [-0.3, -0.25) is 0 Å². The van der Waals surface area contributed by atoms with Crippen LogP contribution in [-0.2, 0) is 0 Å². The number of hydrogen-bond donors (Lipinski definition) is 0. The van der Waals surface area contributed by atoms with Crippen molar-refractivity contribution in [2.24, 2.45) is 0 Å². The van der Waals surface area contributed by atoms with Crippen LogP contribution in [0.5, 0.6) is 0 Å². The van der Waals surface area contributed by atoms with E-state index in [0.717, 1.165) is 16.7 Å². The van der Waals surface area contributed by atoms with E-state index in [1.54, 1.807) is 11.3 Å². The lowest BCUT2D eigenvalue weighted by Crippen LogP contribution is -2.00. The molecule has 0 atom stereocenters. The molecule has 3 heterocycles. The maximum Gasteiger partial charge on any atom is 0.164 e. The first-order chi connectivity index (χ1) is 27.7. The number of fused-ring (bicyclic) bond motifs is 12. The van der Waals surface area contributed by atoms with Gasteiger partial charge in [-0.1, -0.05) is 133 Å². The van der Waals surface area contributed by atoms with Crippen LogP contribution in [-0.4, -0.2) is 15.0 Å². The highest BCUT2D eigenvalue weighted by Crippen LogP contribution is 2.42. The van der Waals surface area contributed by atoms with Gasteiger partial charge in [0.05, 0.1) is 0 Å². The van der Waals surface area contributed by atoms with Gasteiger partial charge in [-0.05, 0) is 85.9 Å². The summed E-state index contributed by atoms with van der Waals surface area (Å²) in [5, 5.41) is 12.3. The minimum atomic E-state index is 0.654. The van der Waals surface area contributed by atoms with Crippen molar-refractivity contribution < 1.29 is 0 Å². The number of thiophene rings is 2. The molecular formula is C51H29N3S2. The van der Waals surface area contributed by atoms with Crippen molar-refractivity contribution in [3.8, 4) is 45.3 Å². The third kappa shape index (κ3) is 4.92. The highest BCUT2D eigenvalue weighted by atomic mass is 32.1. The van der Waals surface area contributed by atoms with Gasteiger partial charge in [-0.2, -0.15) is 0 Å². The van der Waals surface area contributed by atoms with Gasteiger partial charge >= 0.3 is 0 Å². The molecule has 12 aromatic rings. The minimum absolute atomic E-state index is 0.654. The molecular weight excluding hydrogens is 719 g/mol. The average molecular weight is 748 g/mol. The van der Waals surface area contributed by atoms with E-state index < -0.39 is 0 Å². The molecule has 260 valence electrons. The van der Waals surface area contributed by atoms with E-state index in [-0.39, 0.29) is 0 Å². The Labute approximate surface area is 329 Å². The normalized spacial score (nSPS) is 11.9. The second kappa shape index (κ2) is 12.4. The van der Waals surface area contributed by atoms with E-state index in [9.17, 15) is 0 Å². The van der Waals surface area contributed by atoms with Gasteiger partial charge < -0.3 is 0 Å². The fourth-order valence-electron chi connectivity index (χ4n) is 8.48. The summed E-state index contributed by atoms with van der Waals surface area (Å²) in [4.78, 5) is 15.6. The van der Waals surface area contributed by atoms with Crippen LogP contribution in [0.25, 0.3) is 118 Å². The monoisotopic (exact) mass is 747 g/mol. The molecule has 9 aromatic carbocycles. The van der Waals surface area contributed by atoms with E-state index >= 15 is 0 Å². The largest absolute Gasteiger partial charge is 0.208 e. The molecule has 0 spiro atoms. The van der Waals surface area contributed by atoms with Crippen molar-refractivity contribution >= 4 is 95.3 Å². The summed E-state index contributed by atoms with van der Waals surface area (Å²) in [6.07, 6.45) is 0. The summed E-state index contributed by atoms with van der Waals surface area (Å²) >= 11 is 3.66. The van der Waals surface area contributed by atoms with Crippen LogP contribution in [0, 0.1) is 0 Å². The standard InChI is InChI=1S/C51H29N3S2/c1-2-11-30(12-3-1)49-52-50(54-51(53-49)40-17-10-20-47-48(40)39-16-7-9-19-45(39)56-47)33-22-25-37-41-27-31(21-24-36(41)34-13-4-5-14-35(34)42(37)29-33)32-23-26-46-43(28-32)38-15-6-8-18-44(38)55-46/h1-29H. The Balaban J connectivity index is 1.07. The number of benzene rings is 9. The molecule has 0 aliphatic heterocycles. The lowest BCUT2D eigenvalue weighted by atomic mass is 9.91.